The van der Waals surface area contributed by atoms with Crippen LogP contribution in [-0.4, -0.2) is 16.3 Å². The molecule has 2 aromatic rings. The van der Waals surface area contributed by atoms with Crippen LogP contribution in [0.15, 0.2) is 29.0 Å². The summed E-state index contributed by atoms with van der Waals surface area (Å²) in [6, 6.07) is 5.00. The Morgan fingerprint density at radius 3 is 2.95 bits per heavy atom. The molecule has 0 bridgehead atoms. The lowest BCUT2D eigenvalue weighted by atomic mass is 10.2. The standard InChI is InChI=1S/C12H11BrFN5/c13-11-8(5-15)1-2-10(12(11)14)17-3-4-19-7-9(16)6-18-19/h1-2,6-7,17H,3-4,16H2. The van der Waals surface area contributed by atoms with Crippen molar-refractivity contribution in [3.63, 3.8) is 0 Å². The minimum Gasteiger partial charge on any atom is -0.396 e. The zero-order valence-corrected chi connectivity index (χ0v) is 11.5. The zero-order chi connectivity index (χ0) is 13.8. The minimum absolute atomic E-state index is 0.170. The van der Waals surface area contributed by atoms with Crippen molar-refractivity contribution in [2.24, 2.45) is 0 Å². The van der Waals surface area contributed by atoms with Gasteiger partial charge in [0.2, 0.25) is 0 Å². The largest absolute Gasteiger partial charge is 0.396 e. The summed E-state index contributed by atoms with van der Waals surface area (Å²) in [5.41, 5.74) is 6.73. The van der Waals surface area contributed by atoms with Crippen molar-refractivity contribution in [3.05, 3.63) is 40.4 Å². The fraction of sp³-hybridized carbons (Fsp3) is 0.167. The lowest BCUT2D eigenvalue weighted by molar-refractivity contribution is 0.613. The summed E-state index contributed by atoms with van der Waals surface area (Å²) >= 11 is 3.06. The Labute approximate surface area is 118 Å². The lowest BCUT2D eigenvalue weighted by Crippen LogP contribution is -2.12. The smallest absolute Gasteiger partial charge is 0.161 e. The first-order valence-electron chi connectivity index (χ1n) is 5.51. The zero-order valence-electron chi connectivity index (χ0n) is 9.90. The molecule has 0 aliphatic rings. The summed E-state index contributed by atoms with van der Waals surface area (Å²) in [7, 11) is 0. The van der Waals surface area contributed by atoms with Gasteiger partial charge in [0.25, 0.3) is 0 Å². The van der Waals surface area contributed by atoms with Crippen molar-refractivity contribution in [3.8, 4) is 6.07 Å². The van der Waals surface area contributed by atoms with Crippen LogP contribution in [0.2, 0.25) is 0 Å². The van der Waals surface area contributed by atoms with Gasteiger partial charge in [-0.2, -0.15) is 10.4 Å². The van der Waals surface area contributed by atoms with Gasteiger partial charge in [0.15, 0.2) is 5.82 Å². The Bertz CT molecular complexity index is 632. The van der Waals surface area contributed by atoms with Crippen LogP contribution in [0.4, 0.5) is 15.8 Å². The molecule has 1 aromatic carbocycles. The summed E-state index contributed by atoms with van der Waals surface area (Å²) < 4.78 is 15.7. The van der Waals surface area contributed by atoms with Gasteiger partial charge in [0.05, 0.1) is 34.2 Å². The molecule has 3 N–H and O–H groups in total. The number of halogens is 2. The van der Waals surface area contributed by atoms with Crippen LogP contribution in [0.5, 0.6) is 0 Å². The molecule has 0 atom stereocenters. The quantitative estimate of drug-likeness (QED) is 0.905. The molecular weight excluding hydrogens is 313 g/mol. The number of hydrogen-bond acceptors (Lipinski definition) is 4. The third-order valence-electron chi connectivity index (χ3n) is 2.51. The van der Waals surface area contributed by atoms with Gasteiger partial charge in [-0.1, -0.05) is 0 Å². The highest BCUT2D eigenvalue weighted by atomic mass is 79.9. The van der Waals surface area contributed by atoms with Crippen LogP contribution in [0.3, 0.4) is 0 Å². The molecule has 2 rings (SSSR count). The molecule has 0 fully saturated rings. The normalized spacial score (nSPS) is 10.2. The summed E-state index contributed by atoms with van der Waals surface area (Å²) in [6.45, 7) is 1.06. The fourth-order valence-electron chi connectivity index (χ4n) is 1.58. The Hall–Kier alpha value is -2.07. The van der Waals surface area contributed by atoms with Crippen molar-refractivity contribution < 1.29 is 4.39 Å². The average Bonchev–Trinajstić information content (AvgIpc) is 2.81. The highest BCUT2D eigenvalue weighted by molar-refractivity contribution is 9.10. The minimum atomic E-state index is -0.473. The van der Waals surface area contributed by atoms with Gasteiger partial charge in [0.1, 0.15) is 6.07 Å². The SMILES string of the molecule is N#Cc1ccc(NCCn2cc(N)cn2)c(F)c1Br. The van der Waals surface area contributed by atoms with Crippen molar-refractivity contribution in [1.29, 1.82) is 5.26 Å². The van der Waals surface area contributed by atoms with E-state index in [4.69, 9.17) is 11.0 Å². The van der Waals surface area contributed by atoms with Gasteiger partial charge in [-0.25, -0.2) is 4.39 Å². The number of nitrogens with two attached hydrogens (primary N) is 1. The van der Waals surface area contributed by atoms with Crippen molar-refractivity contribution >= 4 is 27.3 Å². The maximum atomic E-state index is 13.9. The predicted molar refractivity (Wildman–Crippen MR) is 73.9 cm³/mol. The predicted octanol–water partition coefficient (Wildman–Crippen LogP) is 2.35. The Morgan fingerprint density at radius 1 is 1.53 bits per heavy atom. The second-order valence-corrected chi connectivity index (χ2v) is 4.66. The van der Waals surface area contributed by atoms with Crippen LogP contribution >= 0.6 is 15.9 Å². The molecule has 7 heteroatoms. The van der Waals surface area contributed by atoms with E-state index in [9.17, 15) is 4.39 Å². The van der Waals surface area contributed by atoms with Crippen LogP contribution in [0.25, 0.3) is 0 Å². The molecule has 0 saturated heterocycles. The van der Waals surface area contributed by atoms with Gasteiger partial charge >= 0.3 is 0 Å². The lowest BCUT2D eigenvalue weighted by Gasteiger charge is -2.09. The van der Waals surface area contributed by atoms with Gasteiger partial charge in [-0.3, -0.25) is 4.68 Å². The first-order chi connectivity index (χ1) is 9.11. The molecule has 1 heterocycles. The number of nitrogens with zero attached hydrogens (tertiary/aromatic N) is 3. The number of hydrogen-bond donors (Lipinski definition) is 2. The van der Waals surface area contributed by atoms with E-state index in [0.29, 0.717) is 24.5 Å². The Morgan fingerprint density at radius 2 is 2.32 bits per heavy atom. The second-order valence-electron chi connectivity index (χ2n) is 3.86. The second kappa shape index (κ2) is 5.71. The van der Waals surface area contributed by atoms with E-state index in [2.05, 4.69) is 26.3 Å². The van der Waals surface area contributed by atoms with Crippen LogP contribution in [0.1, 0.15) is 5.56 Å². The number of aromatic nitrogens is 2. The van der Waals surface area contributed by atoms with Crippen LogP contribution < -0.4 is 11.1 Å². The number of rotatable bonds is 4. The molecule has 0 spiro atoms. The van der Waals surface area contributed by atoms with Crippen molar-refractivity contribution in [1.82, 2.24) is 9.78 Å². The fourth-order valence-corrected chi connectivity index (χ4v) is 2.01. The number of nitriles is 1. The van der Waals surface area contributed by atoms with E-state index < -0.39 is 5.82 Å². The molecule has 19 heavy (non-hydrogen) atoms. The van der Waals surface area contributed by atoms with Crippen molar-refractivity contribution in [2.45, 2.75) is 6.54 Å². The number of benzene rings is 1. The highest BCUT2D eigenvalue weighted by Gasteiger charge is 2.10. The monoisotopic (exact) mass is 323 g/mol. The van der Waals surface area contributed by atoms with E-state index in [0.717, 1.165) is 0 Å². The van der Waals surface area contributed by atoms with Crippen molar-refractivity contribution in [2.75, 3.05) is 17.6 Å². The van der Waals surface area contributed by atoms with Gasteiger partial charge in [-0.15, -0.1) is 0 Å². The molecule has 0 amide bonds. The molecule has 1 aromatic heterocycles. The first-order valence-corrected chi connectivity index (χ1v) is 6.31. The van der Waals surface area contributed by atoms with E-state index in [1.54, 1.807) is 23.1 Å². The molecule has 5 nitrogen and oxygen atoms in total. The molecular formula is C12H11BrFN5. The van der Waals surface area contributed by atoms with E-state index in [-0.39, 0.29) is 10.0 Å². The summed E-state index contributed by atoms with van der Waals surface area (Å²) in [5.74, 6) is -0.473. The maximum absolute atomic E-state index is 13.9. The molecule has 0 radical (unpaired) electrons. The topological polar surface area (TPSA) is 79.7 Å². The average molecular weight is 324 g/mol. The third-order valence-corrected chi connectivity index (χ3v) is 3.29. The van der Waals surface area contributed by atoms with Crippen LogP contribution in [0, 0.1) is 17.1 Å². The van der Waals surface area contributed by atoms with Gasteiger partial charge < -0.3 is 11.1 Å². The molecule has 0 saturated carbocycles. The Balaban J connectivity index is 2.00. The number of nitrogen functional groups attached to an aromatic ring is 1. The molecule has 98 valence electrons. The molecule has 0 aliphatic heterocycles. The van der Waals surface area contributed by atoms with Crippen LogP contribution in [-0.2, 0) is 6.54 Å². The van der Waals surface area contributed by atoms with E-state index in [1.807, 2.05) is 6.07 Å². The number of anilines is 2. The van der Waals surface area contributed by atoms with Gasteiger partial charge in [-0.05, 0) is 28.1 Å². The molecule has 0 unspecified atom stereocenters. The number of nitrogens with one attached hydrogen (secondary N) is 1. The Kier molecular flexibility index (Phi) is 4.02. The third kappa shape index (κ3) is 3.03. The summed E-state index contributed by atoms with van der Waals surface area (Å²) in [6.07, 6.45) is 3.26. The van der Waals surface area contributed by atoms with E-state index in [1.165, 1.54) is 6.07 Å². The maximum Gasteiger partial charge on any atom is 0.161 e. The van der Waals surface area contributed by atoms with E-state index >= 15 is 0 Å². The summed E-state index contributed by atoms with van der Waals surface area (Å²) in [5, 5.41) is 15.7. The first kappa shape index (κ1) is 13.4. The highest BCUT2D eigenvalue weighted by Crippen LogP contribution is 2.26. The molecule has 0 aliphatic carbocycles. The summed E-state index contributed by atoms with van der Waals surface area (Å²) in [4.78, 5) is 0. The van der Waals surface area contributed by atoms with Gasteiger partial charge in [0, 0.05) is 12.7 Å².